The Morgan fingerprint density at radius 2 is 1.86 bits per heavy atom. The highest BCUT2D eigenvalue weighted by Crippen LogP contribution is 2.45. The van der Waals surface area contributed by atoms with Crippen molar-refractivity contribution in [2.45, 2.75) is 51.7 Å². The van der Waals surface area contributed by atoms with Crippen LogP contribution in [-0.2, 0) is 9.53 Å². The normalized spacial score (nSPS) is 13.2. The number of aliphatic hydroxyl groups excluding tert-OH is 3. The minimum atomic E-state index is -1.06. The van der Waals surface area contributed by atoms with Crippen molar-refractivity contribution in [3.8, 4) is 22.6 Å². The molecule has 7 nitrogen and oxygen atoms in total. The summed E-state index contributed by atoms with van der Waals surface area (Å²) in [7, 11) is 1.50. The Labute approximate surface area is 205 Å². The molecule has 3 N–H and O–H groups in total. The van der Waals surface area contributed by atoms with Gasteiger partial charge in [0.15, 0.2) is 11.5 Å². The highest BCUT2D eigenvalue weighted by Gasteiger charge is 2.22. The molecule has 0 bridgehead atoms. The van der Waals surface area contributed by atoms with Crippen LogP contribution in [0.25, 0.3) is 17.2 Å². The number of halogens is 1. The third-order valence-corrected chi connectivity index (χ3v) is 5.33. The van der Waals surface area contributed by atoms with Crippen molar-refractivity contribution >= 4 is 12.0 Å². The number of esters is 1. The minimum absolute atomic E-state index is 0.0442. The number of ether oxygens (including phenoxy) is 3. The fraction of sp³-hybridized carbons (Fsp3) is 0.444. The monoisotopic (exact) mass is 490 g/mol. The van der Waals surface area contributed by atoms with Gasteiger partial charge in [-0.1, -0.05) is 38.1 Å². The first-order valence-corrected chi connectivity index (χ1v) is 11.7. The van der Waals surface area contributed by atoms with Crippen LogP contribution in [0.4, 0.5) is 4.39 Å². The van der Waals surface area contributed by atoms with Gasteiger partial charge in [-0.2, -0.15) is 0 Å². The molecule has 2 aromatic carbocycles. The Kier molecular flexibility index (Phi) is 11.2. The first kappa shape index (κ1) is 28.3. The molecule has 192 valence electrons. The van der Waals surface area contributed by atoms with Crippen LogP contribution in [0.2, 0.25) is 0 Å². The number of aliphatic hydroxyl groups is 3. The van der Waals surface area contributed by atoms with Crippen molar-refractivity contribution in [1.29, 1.82) is 0 Å². The van der Waals surface area contributed by atoms with E-state index in [1.165, 1.54) is 25.3 Å². The van der Waals surface area contributed by atoms with Crippen LogP contribution in [0.15, 0.2) is 36.4 Å². The molecule has 0 radical (unpaired) electrons. The van der Waals surface area contributed by atoms with E-state index in [0.717, 1.165) is 11.1 Å². The Hall–Kier alpha value is -2.94. The van der Waals surface area contributed by atoms with E-state index in [-0.39, 0.29) is 44.4 Å². The van der Waals surface area contributed by atoms with Crippen molar-refractivity contribution in [3.05, 3.63) is 53.4 Å². The van der Waals surface area contributed by atoms with Crippen LogP contribution in [0.3, 0.4) is 0 Å². The van der Waals surface area contributed by atoms with Crippen LogP contribution in [0, 0.1) is 5.82 Å². The van der Waals surface area contributed by atoms with Gasteiger partial charge in [-0.05, 0) is 47.7 Å². The van der Waals surface area contributed by atoms with Gasteiger partial charge >= 0.3 is 5.97 Å². The molecule has 2 aromatic rings. The Morgan fingerprint density at radius 1 is 1.17 bits per heavy atom. The average Bonchev–Trinajstić information content (AvgIpc) is 2.81. The zero-order chi connectivity index (χ0) is 26.0. The SMILES string of the molecule is CCOC(=O)CC(O)CC(O)/C=C/c1c(C(C)C)cc(OCCO)c(OC)c1-c1ccc(F)cc1. The third-order valence-electron chi connectivity index (χ3n) is 5.33. The molecule has 0 saturated heterocycles. The summed E-state index contributed by atoms with van der Waals surface area (Å²) in [5.41, 5.74) is 2.94. The predicted molar refractivity (Wildman–Crippen MR) is 132 cm³/mol. The standard InChI is InChI=1S/C27H35FO7/c1-5-34-25(32)15-21(31)14-20(30)10-11-22-23(17(2)3)16-24(35-13-12-29)27(33-4)26(22)18-6-8-19(28)9-7-18/h6-11,16-17,20-21,29-31H,5,12-15H2,1-4H3/b11-10+. The van der Waals surface area contributed by atoms with Gasteiger partial charge in [0.2, 0.25) is 0 Å². The van der Waals surface area contributed by atoms with Crippen LogP contribution in [0.5, 0.6) is 11.5 Å². The summed E-state index contributed by atoms with van der Waals surface area (Å²) in [5.74, 6) is -0.0199. The number of rotatable bonds is 13. The molecule has 0 aromatic heterocycles. The molecule has 8 heteroatoms. The lowest BCUT2D eigenvalue weighted by molar-refractivity contribution is -0.145. The van der Waals surface area contributed by atoms with Gasteiger partial charge < -0.3 is 29.5 Å². The number of hydrogen-bond donors (Lipinski definition) is 3. The molecule has 0 spiro atoms. The van der Waals surface area contributed by atoms with Gasteiger partial charge in [0.05, 0.1) is 39.0 Å². The van der Waals surface area contributed by atoms with Crippen molar-refractivity contribution in [1.82, 2.24) is 0 Å². The van der Waals surface area contributed by atoms with E-state index in [4.69, 9.17) is 14.2 Å². The molecule has 0 aliphatic rings. The van der Waals surface area contributed by atoms with E-state index < -0.39 is 18.2 Å². The molecule has 35 heavy (non-hydrogen) atoms. The summed E-state index contributed by atoms with van der Waals surface area (Å²) in [6, 6.07) is 7.78. The average molecular weight is 491 g/mol. The van der Waals surface area contributed by atoms with Crippen molar-refractivity contribution < 1.29 is 38.7 Å². The summed E-state index contributed by atoms with van der Waals surface area (Å²) in [6.45, 7) is 5.81. The predicted octanol–water partition coefficient (Wildman–Crippen LogP) is 4.07. The van der Waals surface area contributed by atoms with Crippen LogP contribution >= 0.6 is 0 Å². The Bertz CT molecular complexity index is 986. The molecule has 2 unspecified atom stereocenters. The van der Waals surface area contributed by atoms with Gasteiger partial charge in [-0.25, -0.2) is 4.39 Å². The molecule has 0 aliphatic carbocycles. The van der Waals surface area contributed by atoms with Crippen LogP contribution < -0.4 is 9.47 Å². The molecule has 0 heterocycles. The van der Waals surface area contributed by atoms with Crippen LogP contribution in [0.1, 0.15) is 50.7 Å². The second-order valence-corrected chi connectivity index (χ2v) is 8.34. The highest BCUT2D eigenvalue weighted by molar-refractivity contribution is 5.85. The largest absolute Gasteiger partial charge is 0.492 e. The first-order chi connectivity index (χ1) is 16.7. The van der Waals surface area contributed by atoms with E-state index >= 15 is 0 Å². The summed E-state index contributed by atoms with van der Waals surface area (Å²) >= 11 is 0. The Morgan fingerprint density at radius 3 is 2.43 bits per heavy atom. The number of benzene rings is 2. The zero-order valence-corrected chi connectivity index (χ0v) is 20.7. The van der Waals surface area contributed by atoms with E-state index in [9.17, 15) is 24.5 Å². The lowest BCUT2D eigenvalue weighted by Gasteiger charge is -2.22. The van der Waals surface area contributed by atoms with Gasteiger partial charge in [-0.15, -0.1) is 0 Å². The van der Waals surface area contributed by atoms with Gasteiger partial charge in [0, 0.05) is 12.0 Å². The van der Waals surface area contributed by atoms with Gasteiger partial charge in [0.25, 0.3) is 0 Å². The number of hydrogen-bond acceptors (Lipinski definition) is 7. The van der Waals surface area contributed by atoms with Crippen molar-refractivity contribution in [2.24, 2.45) is 0 Å². The molecule has 2 rings (SSSR count). The second-order valence-electron chi connectivity index (χ2n) is 8.34. The molecule has 0 fully saturated rings. The minimum Gasteiger partial charge on any atom is -0.492 e. The van der Waals surface area contributed by atoms with E-state index in [0.29, 0.717) is 22.6 Å². The van der Waals surface area contributed by atoms with Gasteiger partial charge in [-0.3, -0.25) is 4.79 Å². The fourth-order valence-corrected chi connectivity index (χ4v) is 3.76. The number of carbonyl (C=O) groups is 1. The molecule has 2 atom stereocenters. The fourth-order valence-electron chi connectivity index (χ4n) is 3.76. The lowest BCUT2D eigenvalue weighted by Crippen LogP contribution is -2.20. The molecule has 0 saturated carbocycles. The van der Waals surface area contributed by atoms with Crippen molar-refractivity contribution in [3.63, 3.8) is 0 Å². The summed E-state index contributed by atoms with van der Waals surface area (Å²) < 4.78 is 29.9. The van der Waals surface area contributed by atoms with Crippen LogP contribution in [-0.4, -0.2) is 60.4 Å². The zero-order valence-electron chi connectivity index (χ0n) is 20.7. The molecule has 0 amide bonds. The highest BCUT2D eigenvalue weighted by atomic mass is 19.1. The van der Waals surface area contributed by atoms with E-state index in [2.05, 4.69) is 0 Å². The number of carbonyl (C=O) groups excluding carboxylic acids is 1. The number of methoxy groups -OCH3 is 1. The van der Waals surface area contributed by atoms with Crippen molar-refractivity contribution in [2.75, 3.05) is 26.9 Å². The Balaban J connectivity index is 2.53. The topological polar surface area (TPSA) is 105 Å². The summed E-state index contributed by atoms with van der Waals surface area (Å²) in [5, 5.41) is 29.9. The third kappa shape index (κ3) is 8.06. The molecular weight excluding hydrogens is 455 g/mol. The second kappa shape index (κ2) is 13.8. The lowest BCUT2D eigenvalue weighted by atomic mass is 9.88. The maximum absolute atomic E-state index is 13.7. The smallest absolute Gasteiger partial charge is 0.308 e. The maximum atomic E-state index is 13.7. The first-order valence-electron chi connectivity index (χ1n) is 11.7. The maximum Gasteiger partial charge on any atom is 0.308 e. The molecular formula is C27H35FO7. The molecule has 0 aliphatic heterocycles. The van der Waals surface area contributed by atoms with E-state index in [1.54, 1.807) is 25.1 Å². The quantitative estimate of drug-likeness (QED) is 0.364. The van der Waals surface area contributed by atoms with E-state index in [1.807, 2.05) is 19.9 Å². The van der Waals surface area contributed by atoms with Gasteiger partial charge in [0.1, 0.15) is 12.4 Å². The summed E-state index contributed by atoms with van der Waals surface area (Å²) in [4.78, 5) is 11.6. The summed E-state index contributed by atoms with van der Waals surface area (Å²) in [6.07, 6.45) is 0.925.